The van der Waals surface area contributed by atoms with Crippen molar-refractivity contribution in [2.75, 3.05) is 33.8 Å². The van der Waals surface area contributed by atoms with Gasteiger partial charge in [-0.25, -0.2) is 0 Å². The summed E-state index contributed by atoms with van der Waals surface area (Å²) >= 11 is 0. The molecule has 1 saturated heterocycles. The highest BCUT2D eigenvalue weighted by molar-refractivity contribution is 5.82. The lowest BCUT2D eigenvalue weighted by Crippen LogP contribution is -2.51. The zero-order valence-electron chi connectivity index (χ0n) is 13.7. The summed E-state index contributed by atoms with van der Waals surface area (Å²) in [5, 5.41) is 7.15. The maximum atomic E-state index is 12.3. The number of likely N-dealkylation sites (N-methyl/N-ethyl adjacent to an activating group) is 1. The molecule has 122 valence electrons. The van der Waals surface area contributed by atoms with Gasteiger partial charge in [0.05, 0.1) is 18.8 Å². The van der Waals surface area contributed by atoms with Crippen LogP contribution < -0.4 is 0 Å². The number of ether oxygens (including phenoxy) is 1. The van der Waals surface area contributed by atoms with Crippen LogP contribution in [0.2, 0.25) is 0 Å². The Hall–Kier alpha value is -1.89. The molecule has 0 saturated carbocycles. The summed E-state index contributed by atoms with van der Waals surface area (Å²) in [7, 11) is 3.38. The van der Waals surface area contributed by atoms with E-state index in [0.717, 1.165) is 17.0 Å². The van der Waals surface area contributed by atoms with Gasteiger partial charge in [0.1, 0.15) is 0 Å². The molecular weight excluding hydrogens is 284 g/mol. The fourth-order valence-corrected chi connectivity index (χ4v) is 2.48. The molecule has 2 amide bonds. The van der Waals surface area contributed by atoms with E-state index >= 15 is 0 Å². The minimum Gasteiger partial charge on any atom is -0.365 e. The monoisotopic (exact) mass is 308 g/mol. The average molecular weight is 308 g/mol. The van der Waals surface area contributed by atoms with Gasteiger partial charge in [-0.2, -0.15) is 5.10 Å². The van der Waals surface area contributed by atoms with Crippen LogP contribution in [0.4, 0.5) is 0 Å². The van der Waals surface area contributed by atoms with E-state index in [4.69, 9.17) is 4.74 Å². The molecule has 22 heavy (non-hydrogen) atoms. The van der Waals surface area contributed by atoms with Crippen molar-refractivity contribution in [3.05, 3.63) is 17.0 Å². The summed E-state index contributed by atoms with van der Waals surface area (Å²) in [5.41, 5.74) is 3.07. The molecule has 0 spiro atoms. The smallest absolute Gasteiger partial charge is 0.253 e. The minimum atomic E-state index is -0.554. The van der Waals surface area contributed by atoms with Gasteiger partial charge in [0.25, 0.3) is 5.91 Å². The number of aryl methyl sites for hydroxylation is 2. The molecule has 1 aromatic heterocycles. The number of amides is 2. The third kappa shape index (κ3) is 3.65. The minimum absolute atomic E-state index is 0.0416. The number of nitrogens with zero attached hydrogens (tertiary/aromatic N) is 3. The van der Waals surface area contributed by atoms with Gasteiger partial charge in [0.15, 0.2) is 6.10 Å². The fourth-order valence-electron chi connectivity index (χ4n) is 2.48. The van der Waals surface area contributed by atoms with Gasteiger partial charge in [-0.15, -0.1) is 0 Å². The fraction of sp³-hybridized carbons (Fsp3) is 0.667. The molecule has 1 aliphatic heterocycles. The SMILES string of the molecule is Cc1[nH]nc(CCC(=O)N2CCOC(C(=O)N(C)C)C2)c1C. The van der Waals surface area contributed by atoms with Crippen LogP contribution in [0.3, 0.4) is 0 Å². The maximum absolute atomic E-state index is 12.3. The van der Waals surface area contributed by atoms with Crippen molar-refractivity contribution in [2.24, 2.45) is 0 Å². The van der Waals surface area contributed by atoms with Crippen molar-refractivity contribution < 1.29 is 14.3 Å². The van der Waals surface area contributed by atoms with Crippen LogP contribution in [-0.2, 0) is 20.7 Å². The Labute approximate surface area is 130 Å². The number of aromatic amines is 1. The molecule has 1 aliphatic rings. The van der Waals surface area contributed by atoms with Crippen LogP contribution in [0.5, 0.6) is 0 Å². The largest absolute Gasteiger partial charge is 0.365 e. The Morgan fingerprint density at radius 2 is 2.14 bits per heavy atom. The van der Waals surface area contributed by atoms with E-state index in [1.807, 2.05) is 13.8 Å². The molecule has 1 fully saturated rings. The predicted molar refractivity (Wildman–Crippen MR) is 81.4 cm³/mol. The summed E-state index contributed by atoms with van der Waals surface area (Å²) in [6.45, 7) is 5.23. The van der Waals surface area contributed by atoms with E-state index < -0.39 is 6.10 Å². The topological polar surface area (TPSA) is 78.5 Å². The first-order valence-corrected chi connectivity index (χ1v) is 7.51. The van der Waals surface area contributed by atoms with Crippen LogP contribution in [0.15, 0.2) is 0 Å². The lowest BCUT2D eigenvalue weighted by atomic mass is 10.1. The number of hydrogen-bond donors (Lipinski definition) is 1. The highest BCUT2D eigenvalue weighted by atomic mass is 16.5. The van der Waals surface area contributed by atoms with Crippen molar-refractivity contribution in [3.63, 3.8) is 0 Å². The van der Waals surface area contributed by atoms with Crippen LogP contribution in [-0.4, -0.2) is 71.7 Å². The second-order valence-corrected chi connectivity index (χ2v) is 5.85. The highest BCUT2D eigenvalue weighted by Gasteiger charge is 2.30. The van der Waals surface area contributed by atoms with Gasteiger partial charge < -0.3 is 14.5 Å². The summed E-state index contributed by atoms with van der Waals surface area (Å²) in [4.78, 5) is 27.5. The first-order chi connectivity index (χ1) is 10.4. The Balaban J connectivity index is 1.89. The van der Waals surface area contributed by atoms with Crippen LogP contribution in [0.25, 0.3) is 0 Å². The first kappa shape index (κ1) is 16.5. The van der Waals surface area contributed by atoms with Crippen LogP contribution >= 0.6 is 0 Å². The summed E-state index contributed by atoms with van der Waals surface area (Å²) < 4.78 is 5.46. The van der Waals surface area contributed by atoms with Gasteiger partial charge >= 0.3 is 0 Å². The number of hydrogen-bond acceptors (Lipinski definition) is 4. The van der Waals surface area contributed by atoms with Gasteiger partial charge in [-0.3, -0.25) is 14.7 Å². The number of morpholine rings is 1. The lowest BCUT2D eigenvalue weighted by molar-refractivity contribution is -0.152. The quantitative estimate of drug-likeness (QED) is 0.866. The molecule has 7 nitrogen and oxygen atoms in total. The molecule has 1 atom stereocenters. The highest BCUT2D eigenvalue weighted by Crippen LogP contribution is 2.13. The lowest BCUT2D eigenvalue weighted by Gasteiger charge is -2.33. The first-order valence-electron chi connectivity index (χ1n) is 7.51. The van der Waals surface area contributed by atoms with E-state index in [0.29, 0.717) is 32.5 Å². The molecule has 7 heteroatoms. The Morgan fingerprint density at radius 1 is 1.41 bits per heavy atom. The second-order valence-electron chi connectivity index (χ2n) is 5.85. The standard InChI is InChI=1S/C15H24N4O3/c1-10-11(2)16-17-12(10)5-6-14(20)19-7-8-22-13(9-19)15(21)18(3)4/h13H,5-9H2,1-4H3,(H,16,17). The summed E-state index contributed by atoms with van der Waals surface area (Å²) in [6, 6.07) is 0. The zero-order chi connectivity index (χ0) is 16.3. The van der Waals surface area contributed by atoms with Crippen molar-refractivity contribution in [3.8, 4) is 0 Å². The number of nitrogens with one attached hydrogen (secondary N) is 1. The number of rotatable bonds is 4. The molecule has 1 unspecified atom stereocenters. The van der Waals surface area contributed by atoms with Gasteiger partial charge in [-0.1, -0.05) is 0 Å². The molecule has 0 aromatic carbocycles. The van der Waals surface area contributed by atoms with E-state index in [-0.39, 0.29) is 11.8 Å². The van der Waals surface area contributed by atoms with Crippen molar-refractivity contribution in [1.29, 1.82) is 0 Å². The van der Waals surface area contributed by atoms with Crippen molar-refractivity contribution >= 4 is 11.8 Å². The van der Waals surface area contributed by atoms with Crippen LogP contribution in [0, 0.1) is 13.8 Å². The molecule has 0 radical (unpaired) electrons. The number of aromatic nitrogens is 2. The molecule has 0 aliphatic carbocycles. The number of carbonyl (C=O) groups is 2. The van der Waals surface area contributed by atoms with Gasteiger partial charge in [-0.05, 0) is 19.4 Å². The van der Waals surface area contributed by atoms with E-state index in [9.17, 15) is 9.59 Å². The predicted octanol–water partition coefficient (Wildman–Crippen LogP) is 0.275. The molecule has 2 rings (SSSR count). The Kier molecular flexibility index (Phi) is 5.18. The van der Waals surface area contributed by atoms with E-state index in [1.165, 1.54) is 4.90 Å². The van der Waals surface area contributed by atoms with Crippen molar-refractivity contribution in [1.82, 2.24) is 20.0 Å². The molecule has 2 heterocycles. The molecular formula is C15H24N4O3. The summed E-state index contributed by atoms with van der Waals surface area (Å²) in [5.74, 6) is -0.0591. The van der Waals surface area contributed by atoms with Crippen molar-refractivity contribution in [2.45, 2.75) is 32.8 Å². The maximum Gasteiger partial charge on any atom is 0.253 e. The number of carbonyl (C=O) groups excluding carboxylic acids is 2. The van der Waals surface area contributed by atoms with E-state index in [1.54, 1.807) is 19.0 Å². The third-order valence-electron chi connectivity index (χ3n) is 4.06. The molecule has 1 N–H and O–H groups in total. The Bertz CT molecular complexity index is 553. The zero-order valence-corrected chi connectivity index (χ0v) is 13.7. The third-order valence-corrected chi connectivity index (χ3v) is 4.06. The average Bonchev–Trinajstić information content (AvgIpc) is 2.83. The second kappa shape index (κ2) is 6.91. The molecule has 1 aromatic rings. The Morgan fingerprint density at radius 3 is 2.73 bits per heavy atom. The number of H-pyrrole nitrogens is 1. The molecule has 0 bridgehead atoms. The van der Waals surface area contributed by atoms with E-state index in [2.05, 4.69) is 10.2 Å². The normalized spacial score (nSPS) is 18.4. The van der Waals surface area contributed by atoms with Crippen LogP contribution in [0.1, 0.15) is 23.4 Å². The van der Waals surface area contributed by atoms with Gasteiger partial charge in [0, 0.05) is 39.2 Å². The summed E-state index contributed by atoms with van der Waals surface area (Å²) in [6.07, 6.45) is 0.453. The van der Waals surface area contributed by atoms with Gasteiger partial charge in [0.2, 0.25) is 5.91 Å².